The van der Waals surface area contributed by atoms with Gasteiger partial charge < -0.3 is 9.15 Å². The minimum Gasteiger partial charge on any atom is -0.455 e. The van der Waals surface area contributed by atoms with Gasteiger partial charge in [0, 0.05) is 45.1 Å². The predicted molar refractivity (Wildman–Crippen MR) is 220 cm³/mol. The molecule has 1 atom stereocenters. The lowest BCUT2D eigenvalue weighted by atomic mass is 9.69. The van der Waals surface area contributed by atoms with E-state index in [-0.39, 0.29) is 0 Å². The number of nitrogens with zero attached hydrogens (tertiary/aromatic N) is 3. The van der Waals surface area contributed by atoms with Crippen LogP contribution in [0.2, 0.25) is 0 Å². The molecule has 11 rings (SSSR count). The van der Waals surface area contributed by atoms with E-state index in [0.29, 0.717) is 23.0 Å². The molecular weight excluding hydrogens is 663 g/mol. The summed E-state index contributed by atoms with van der Waals surface area (Å²) in [7, 11) is 0. The molecule has 0 spiro atoms. The largest absolute Gasteiger partial charge is 0.455 e. The Morgan fingerprint density at radius 3 is 2.39 bits per heavy atom. The lowest BCUT2D eigenvalue weighted by molar-refractivity contribution is 0.151. The smallest absolute Gasteiger partial charge is 0.221 e. The summed E-state index contributed by atoms with van der Waals surface area (Å²) in [6.07, 6.45) is 9.44. The summed E-state index contributed by atoms with van der Waals surface area (Å²) in [5.41, 5.74) is 10.00. The first-order valence-electron chi connectivity index (χ1n) is 19.5. The third-order valence-corrected chi connectivity index (χ3v) is 12.6. The van der Waals surface area contributed by atoms with Gasteiger partial charge in [0.2, 0.25) is 5.88 Å². The van der Waals surface area contributed by atoms with Crippen molar-refractivity contribution < 1.29 is 9.15 Å². The Labute approximate surface area is 314 Å². The van der Waals surface area contributed by atoms with Gasteiger partial charge in [0.05, 0.1) is 11.2 Å². The van der Waals surface area contributed by atoms with Gasteiger partial charge in [-0.1, -0.05) is 80.6 Å². The van der Waals surface area contributed by atoms with Crippen molar-refractivity contribution in [2.45, 2.75) is 52.4 Å². The number of ether oxygens (including phenoxy) is 1. The standard InChI is InChI=1S/C49H41N3O2/c1-49(2)23-20-30(21-24-49)33-26-32-22-25-50-46(39(32)27-33)41-29-35(28-40-45-36-13-7-6-10-31(36)16-18-43(45)54-47(40)41)53-44-19-17-38-37-14-8-9-15-42(37)52(48(38)51-44)34-11-4-3-5-12-34/h3-19,22,25,28-30,33H,20-21,23-24,26-27H2,1-2H3. The molecule has 0 N–H and O–H groups in total. The fourth-order valence-electron chi connectivity index (χ4n) is 9.72. The van der Waals surface area contributed by atoms with Gasteiger partial charge in [-0.3, -0.25) is 9.55 Å². The summed E-state index contributed by atoms with van der Waals surface area (Å²) in [6, 6.07) is 42.4. The van der Waals surface area contributed by atoms with Crippen molar-refractivity contribution in [2.75, 3.05) is 0 Å². The van der Waals surface area contributed by atoms with E-state index in [0.717, 1.165) is 85.0 Å². The van der Waals surface area contributed by atoms with Crippen LogP contribution >= 0.6 is 0 Å². The molecule has 264 valence electrons. The van der Waals surface area contributed by atoms with Crippen LogP contribution in [-0.2, 0) is 12.8 Å². The van der Waals surface area contributed by atoms with Crippen LogP contribution in [0.3, 0.4) is 0 Å². The Hall–Kier alpha value is -5.94. The van der Waals surface area contributed by atoms with Gasteiger partial charge in [-0.15, -0.1) is 0 Å². The van der Waals surface area contributed by atoms with Gasteiger partial charge in [0.15, 0.2) is 0 Å². The Kier molecular flexibility index (Phi) is 7.04. The number of para-hydroxylation sites is 2. The van der Waals surface area contributed by atoms with E-state index in [2.05, 4.69) is 128 Å². The van der Waals surface area contributed by atoms with Crippen LogP contribution in [-0.4, -0.2) is 14.5 Å². The summed E-state index contributed by atoms with van der Waals surface area (Å²) >= 11 is 0. The van der Waals surface area contributed by atoms with Gasteiger partial charge in [0.1, 0.15) is 22.6 Å². The predicted octanol–water partition coefficient (Wildman–Crippen LogP) is 13.0. The van der Waals surface area contributed by atoms with E-state index in [1.807, 2.05) is 18.3 Å². The number of rotatable bonds is 5. The number of benzene rings is 5. The van der Waals surface area contributed by atoms with E-state index in [1.165, 1.54) is 42.2 Å². The summed E-state index contributed by atoms with van der Waals surface area (Å²) < 4.78 is 15.9. The molecule has 0 aliphatic heterocycles. The molecule has 0 saturated heterocycles. The lowest BCUT2D eigenvalue weighted by Crippen LogP contribution is -2.26. The highest BCUT2D eigenvalue weighted by Crippen LogP contribution is 2.48. The van der Waals surface area contributed by atoms with Gasteiger partial charge in [0.25, 0.3) is 0 Å². The van der Waals surface area contributed by atoms with E-state index in [4.69, 9.17) is 19.1 Å². The molecule has 0 amide bonds. The minimum absolute atomic E-state index is 0.462. The van der Waals surface area contributed by atoms with Gasteiger partial charge in [-0.25, -0.2) is 0 Å². The van der Waals surface area contributed by atoms with E-state index < -0.39 is 0 Å². The molecule has 1 fully saturated rings. The summed E-state index contributed by atoms with van der Waals surface area (Å²) in [4.78, 5) is 10.3. The summed E-state index contributed by atoms with van der Waals surface area (Å²) in [5, 5.41) is 6.71. The third-order valence-electron chi connectivity index (χ3n) is 12.6. The highest BCUT2D eigenvalue weighted by molar-refractivity contribution is 6.21. The minimum atomic E-state index is 0.462. The molecule has 5 heteroatoms. The number of hydrogen-bond acceptors (Lipinski definition) is 4. The van der Waals surface area contributed by atoms with Gasteiger partial charge in [-0.05, 0) is 126 Å². The summed E-state index contributed by atoms with van der Waals surface area (Å²) in [6.45, 7) is 4.87. The van der Waals surface area contributed by atoms with Gasteiger partial charge in [-0.2, -0.15) is 4.98 Å². The first-order valence-corrected chi connectivity index (χ1v) is 19.5. The van der Waals surface area contributed by atoms with Gasteiger partial charge >= 0.3 is 0 Å². The highest BCUT2D eigenvalue weighted by Gasteiger charge is 2.36. The second kappa shape index (κ2) is 12.0. The zero-order valence-corrected chi connectivity index (χ0v) is 30.7. The quantitative estimate of drug-likeness (QED) is 0.179. The normalized spacial score (nSPS) is 17.3. The van der Waals surface area contributed by atoms with E-state index in [1.54, 1.807) is 0 Å². The van der Waals surface area contributed by atoms with Crippen LogP contribution < -0.4 is 4.74 Å². The average Bonchev–Trinajstić information content (AvgIpc) is 3.90. The van der Waals surface area contributed by atoms with E-state index >= 15 is 0 Å². The fraction of sp³-hybridized carbons (Fsp3) is 0.224. The Morgan fingerprint density at radius 1 is 0.722 bits per heavy atom. The van der Waals surface area contributed by atoms with Crippen molar-refractivity contribution in [1.29, 1.82) is 0 Å². The van der Waals surface area contributed by atoms with Crippen LogP contribution in [0.5, 0.6) is 11.6 Å². The molecule has 5 nitrogen and oxygen atoms in total. The fourth-order valence-corrected chi connectivity index (χ4v) is 9.72. The number of fused-ring (bicyclic) bond motifs is 9. The molecule has 54 heavy (non-hydrogen) atoms. The van der Waals surface area contributed by atoms with Crippen molar-refractivity contribution >= 4 is 54.6 Å². The molecule has 9 aromatic rings. The van der Waals surface area contributed by atoms with Crippen molar-refractivity contribution in [3.05, 3.63) is 139 Å². The van der Waals surface area contributed by atoms with Crippen LogP contribution in [0.1, 0.15) is 50.7 Å². The van der Waals surface area contributed by atoms with Crippen LogP contribution in [0.15, 0.2) is 132 Å². The van der Waals surface area contributed by atoms with Crippen LogP contribution in [0, 0.1) is 17.3 Å². The maximum absolute atomic E-state index is 6.84. The Morgan fingerprint density at radius 2 is 1.52 bits per heavy atom. The molecule has 2 aliphatic rings. The lowest BCUT2D eigenvalue weighted by Gasteiger charge is -2.37. The molecule has 5 aromatic carbocycles. The number of aromatic nitrogens is 3. The van der Waals surface area contributed by atoms with Crippen molar-refractivity contribution in [3.8, 4) is 28.6 Å². The van der Waals surface area contributed by atoms with Crippen molar-refractivity contribution in [3.63, 3.8) is 0 Å². The molecule has 0 radical (unpaired) electrons. The SMILES string of the molecule is CC1(C)CCC(C2Cc3ccnc(-c4cc(Oc5ccc6c7ccccc7n(-c7ccccc7)c6n5)cc5c4oc4ccc6ccccc6c45)c3C2)CC1. The van der Waals surface area contributed by atoms with Crippen LogP contribution in [0.4, 0.5) is 0 Å². The second-order valence-electron chi connectivity index (χ2n) is 16.4. The summed E-state index contributed by atoms with van der Waals surface area (Å²) in [5.74, 6) is 2.67. The molecule has 0 bridgehead atoms. The monoisotopic (exact) mass is 703 g/mol. The topological polar surface area (TPSA) is 53.1 Å². The number of hydrogen-bond donors (Lipinski definition) is 0. The zero-order valence-electron chi connectivity index (χ0n) is 30.7. The van der Waals surface area contributed by atoms with Crippen molar-refractivity contribution in [2.24, 2.45) is 17.3 Å². The molecule has 2 aliphatic carbocycles. The maximum atomic E-state index is 6.84. The maximum Gasteiger partial charge on any atom is 0.221 e. The number of furan rings is 1. The Balaban J connectivity index is 1.07. The second-order valence-corrected chi connectivity index (χ2v) is 16.4. The molecule has 1 saturated carbocycles. The number of pyridine rings is 2. The first kappa shape index (κ1) is 31.6. The molecule has 1 unspecified atom stereocenters. The molecule has 4 aromatic heterocycles. The Bertz CT molecular complexity index is 2910. The third kappa shape index (κ3) is 5.05. The first-order chi connectivity index (χ1) is 26.5. The molecule has 4 heterocycles. The molecular formula is C49H41N3O2. The highest BCUT2D eigenvalue weighted by atomic mass is 16.5. The van der Waals surface area contributed by atoms with Crippen molar-refractivity contribution in [1.82, 2.24) is 14.5 Å². The van der Waals surface area contributed by atoms with E-state index in [9.17, 15) is 0 Å². The average molecular weight is 704 g/mol. The zero-order chi connectivity index (χ0) is 36.0. The van der Waals surface area contributed by atoms with Crippen LogP contribution in [0.25, 0.3) is 71.6 Å².